The summed E-state index contributed by atoms with van der Waals surface area (Å²) in [7, 11) is 0. The van der Waals surface area contributed by atoms with Crippen molar-refractivity contribution in [2.24, 2.45) is 5.92 Å². The molecule has 11 heteroatoms. The van der Waals surface area contributed by atoms with Crippen LogP contribution >= 0.6 is 0 Å². The first-order valence-electron chi connectivity index (χ1n) is 11.9. The SMILES string of the molecule is Cc1c(C(=O)NC(C)C(O)C2CC2)cc(-c2cc(C(F)(F)F)cc(C(F)(F)F)c2)n1C[C@H]1CCCO1. The van der Waals surface area contributed by atoms with E-state index in [0.29, 0.717) is 30.9 Å². The van der Waals surface area contributed by atoms with Crippen molar-refractivity contribution in [2.45, 2.75) is 76.7 Å². The summed E-state index contributed by atoms with van der Waals surface area (Å²) in [6.07, 6.45) is -7.82. The van der Waals surface area contributed by atoms with Crippen LogP contribution in [0.15, 0.2) is 24.3 Å². The number of aliphatic hydroxyl groups is 1. The van der Waals surface area contributed by atoms with E-state index < -0.39 is 41.5 Å². The molecule has 2 unspecified atom stereocenters. The Morgan fingerprint density at radius 2 is 1.69 bits per heavy atom. The van der Waals surface area contributed by atoms with Crippen molar-refractivity contribution in [1.29, 1.82) is 0 Å². The highest BCUT2D eigenvalue weighted by Gasteiger charge is 2.38. The quantitative estimate of drug-likeness (QED) is 0.472. The van der Waals surface area contributed by atoms with Gasteiger partial charge in [-0.15, -0.1) is 0 Å². The van der Waals surface area contributed by atoms with Gasteiger partial charge < -0.3 is 19.7 Å². The van der Waals surface area contributed by atoms with Crippen LogP contribution in [-0.4, -0.2) is 40.4 Å². The number of carbonyl (C=O) groups excluding carboxylic acids is 1. The number of alkyl halides is 6. The maximum absolute atomic E-state index is 13.5. The van der Waals surface area contributed by atoms with Gasteiger partial charge in [-0.05, 0) is 75.3 Å². The van der Waals surface area contributed by atoms with Gasteiger partial charge in [-0.3, -0.25) is 4.79 Å². The van der Waals surface area contributed by atoms with E-state index in [1.54, 1.807) is 18.4 Å². The van der Waals surface area contributed by atoms with E-state index in [2.05, 4.69) is 5.32 Å². The van der Waals surface area contributed by atoms with Crippen LogP contribution in [0.2, 0.25) is 0 Å². The lowest BCUT2D eigenvalue weighted by Gasteiger charge is -2.20. The molecular weight excluding hydrogens is 490 g/mol. The Morgan fingerprint density at radius 3 is 2.19 bits per heavy atom. The summed E-state index contributed by atoms with van der Waals surface area (Å²) in [6, 6.07) is 2.15. The van der Waals surface area contributed by atoms with Crippen LogP contribution in [0.4, 0.5) is 26.3 Å². The van der Waals surface area contributed by atoms with Crippen molar-refractivity contribution in [2.75, 3.05) is 6.61 Å². The topological polar surface area (TPSA) is 63.5 Å². The highest BCUT2D eigenvalue weighted by molar-refractivity contribution is 5.97. The largest absolute Gasteiger partial charge is 0.416 e. The van der Waals surface area contributed by atoms with Gasteiger partial charge in [0.2, 0.25) is 0 Å². The van der Waals surface area contributed by atoms with Gasteiger partial charge in [0.05, 0.1) is 34.9 Å². The molecule has 1 saturated carbocycles. The molecular formula is C25H28F6N2O3. The number of hydrogen-bond acceptors (Lipinski definition) is 3. The summed E-state index contributed by atoms with van der Waals surface area (Å²) in [4.78, 5) is 13.1. The average Bonchev–Trinajstić information content (AvgIpc) is 3.42. The third kappa shape index (κ3) is 5.72. The lowest BCUT2D eigenvalue weighted by molar-refractivity contribution is -0.143. The molecule has 1 saturated heterocycles. The molecule has 2 fully saturated rings. The molecule has 5 nitrogen and oxygen atoms in total. The molecule has 2 N–H and O–H groups in total. The summed E-state index contributed by atoms with van der Waals surface area (Å²) >= 11 is 0. The van der Waals surface area contributed by atoms with Gasteiger partial charge in [0.25, 0.3) is 5.91 Å². The fourth-order valence-corrected chi connectivity index (χ4v) is 4.66. The summed E-state index contributed by atoms with van der Waals surface area (Å²) in [5.41, 5.74) is -2.60. The minimum atomic E-state index is -4.99. The van der Waals surface area contributed by atoms with Crippen LogP contribution in [0.1, 0.15) is 59.8 Å². The monoisotopic (exact) mass is 518 g/mol. The molecule has 36 heavy (non-hydrogen) atoms. The van der Waals surface area contributed by atoms with E-state index in [4.69, 9.17) is 4.74 Å². The number of hydrogen-bond donors (Lipinski definition) is 2. The molecule has 1 aliphatic carbocycles. The van der Waals surface area contributed by atoms with E-state index in [1.165, 1.54) is 6.07 Å². The maximum atomic E-state index is 13.5. The fraction of sp³-hybridized carbons (Fsp3) is 0.560. The fourth-order valence-electron chi connectivity index (χ4n) is 4.66. The zero-order chi connectivity index (χ0) is 26.4. The molecule has 198 valence electrons. The molecule has 2 heterocycles. The molecule has 2 aromatic rings. The van der Waals surface area contributed by atoms with Gasteiger partial charge in [-0.2, -0.15) is 26.3 Å². The Bertz CT molecular complexity index is 1080. The number of aliphatic hydroxyl groups excluding tert-OH is 1. The zero-order valence-corrected chi connectivity index (χ0v) is 19.8. The number of ether oxygens (including phenoxy) is 1. The predicted molar refractivity (Wildman–Crippen MR) is 119 cm³/mol. The molecule has 4 rings (SSSR count). The van der Waals surface area contributed by atoms with Crippen molar-refractivity contribution < 1.29 is 41.0 Å². The summed E-state index contributed by atoms with van der Waals surface area (Å²) in [5.74, 6) is -0.456. The van der Waals surface area contributed by atoms with Crippen LogP contribution in [-0.2, 0) is 23.6 Å². The first kappa shape index (κ1) is 26.5. The van der Waals surface area contributed by atoms with Crippen LogP contribution in [0, 0.1) is 12.8 Å². The molecule has 1 aromatic carbocycles. The standard InChI is InChI=1S/C25H28F6N2O3/c1-13(22(34)15-5-6-15)32-23(35)20-11-21(33(14(20)2)12-19-4-3-7-36-19)16-8-17(24(26,27)28)10-18(9-16)25(29,30)31/h8-11,13,15,19,22,34H,3-7,12H2,1-2H3,(H,32,35)/t13?,19-,22?/m1/s1. The first-order chi connectivity index (χ1) is 16.8. The highest BCUT2D eigenvalue weighted by atomic mass is 19.4. The number of nitrogens with zero attached hydrogens (tertiary/aromatic N) is 1. The predicted octanol–water partition coefficient (Wildman–Crippen LogP) is 5.57. The van der Waals surface area contributed by atoms with Crippen LogP contribution < -0.4 is 5.32 Å². The first-order valence-corrected chi connectivity index (χ1v) is 11.9. The normalized spacial score (nSPS) is 20.4. The summed E-state index contributed by atoms with van der Waals surface area (Å²) in [5, 5.41) is 13.0. The Balaban J connectivity index is 1.78. The minimum absolute atomic E-state index is 0.0557. The van der Waals surface area contributed by atoms with Crippen LogP contribution in [0.5, 0.6) is 0 Å². The molecule has 2 aliphatic rings. The number of amides is 1. The smallest absolute Gasteiger partial charge is 0.391 e. The average molecular weight is 518 g/mol. The summed E-state index contributed by atoms with van der Waals surface area (Å²) < 4.78 is 88.2. The molecule has 0 bridgehead atoms. The molecule has 0 radical (unpaired) electrons. The Hall–Kier alpha value is -2.53. The van der Waals surface area contributed by atoms with E-state index in [-0.39, 0.29) is 41.5 Å². The number of halogens is 6. The second kappa shape index (κ2) is 9.74. The van der Waals surface area contributed by atoms with Crippen molar-refractivity contribution in [1.82, 2.24) is 9.88 Å². The molecule has 1 amide bonds. The maximum Gasteiger partial charge on any atom is 0.416 e. The van der Waals surface area contributed by atoms with Gasteiger partial charge in [-0.1, -0.05) is 0 Å². The molecule has 1 aliphatic heterocycles. The van der Waals surface area contributed by atoms with Crippen molar-refractivity contribution >= 4 is 5.91 Å². The number of carbonyl (C=O) groups is 1. The van der Waals surface area contributed by atoms with Gasteiger partial charge in [0, 0.05) is 24.5 Å². The van der Waals surface area contributed by atoms with Crippen molar-refractivity contribution in [3.05, 3.63) is 46.6 Å². The second-order valence-corrected chi connectivity index (χ2v) is 9.66. The van der Waals surface area contributed by atoms with E-state index >= 15 is 0 Å². The number of nitrogens with one attached hydrogen (secondary N) is 1. The number of benzene rings is 1. The van der Waals surface area contributed by atoms with Gasteiger partial charge in [-0.25, -0.2) is 0 Å². The number of rotatable bonds is 7. The van der Waals surface area contributed by atoms with Crippen LogP contribution in [0.3, 0.4) is 0 Å². The molecule has 1 aromatic heterocycles. The highest BCUT2D eigenvalue weighted by Crippen LogP contribution is 2.40. The van der Waals surface area contributed by atoms with E-state index in [0.717, 1.165) is 19.3 Å². The van der Waals surface area contributed by atoms with E-state index in [1.807, 2.05) is 0 Å². The molecule has 0 spiro atoms. The Morgan fingerprint density at radius 1 is 1.08 bits per heavy atom. The van der Waals surface area contributed by atoms with Crippen LogP contribution in [0.25, 0.3) is 11.3 Å². The molecule has 3 atom stereocenters. The minimum Gasteiger partial charge on any atom is -0.391 e. The van der Waals surface area contributed by atoms with Crippen molar-refractivity contribution in [3.8, 4) is 11.3 Å². The van der Waals surface area contributed by atoms with Gasteiger partial charge in [0.15, 0.2) is 0 Å². The Kier molecular flexibility index (Phi) is 7.18. The number of aromatic nitrogens is 1. The van der Waals surface area contributed by atoms with Crippen molar-refractivity contribution in [3.63, 3.8) is 0 Å². The lowest BCUT2D eigenvalue weighted by atomic mass is 10.0. The van der Waals surface area contributed by atoms with Gasteiger partial charge in [0.1, 0.15) is 0 Å². The van der Waals surface area contributed by atoms with E-state index in [9.17, 15) is 36.2 Å². The second-order valence-electron chi connectivity index (χ2n) is 9.66. The third-order valence-electron chi connectivity index (χ3n) is 6.88. The van der Waals surface area contributed by atoms with Gasteiger partial charge >= 0.3 is 12.4 Å². The third-order valence-corrected chi connectivity index (χ3v) is 6.88. The zero-order valence-electron chi connectivity index (χ0n) is 19.8. The lowest BCUT2D eigenvalue weighted by Crippen LogP contribution is -2.42. The Labute approximate surface area is 204 Å². The summed E-state index contributed by atoms with van der Waals surface area (Å²) in [6.45, 7) is 3.93.